The van der Waals surface area contributed by atoms with Gasteiger partial charge in [-0.15, -0.1) is 11.8 Å². The Morgan fingerprint density at radius 2 is 2.06 bits per heavy atom. The highest BCUT2D eigenvalue weighted by molar-refractivity contribution is 8.00. The zero-order chi connectivity index (χ0) is 11.8. The minimum atomic E-state index is -0.907. The van der Waals surface area contributed by atoms with Crippen LogP contribution >= 0.6 is 35.0 Å². The molecule has 1 aliphatic carbocycles. The molecule has 1 spiro atoms. The van der Waals surface area contributed by atoms with E-state index >= 15 is 0 Å². The maximum atomic E-state index is 11.9. The van der Waals surface area contributed by atoms with Crippen LogP contribution in [-0.2, 0) is 4.79 Å². The van der Waals surface area contributed by atoms with E-state index in [9.17, 15) is 4.79 Å². The highest BCUT2D eigenvalue weighted by Crippen LogP contribution is 2.48. The van der Waals surface area contributed by atoms with Crippen LogP contribution in [0.25, 0.3) is 0 Å². The fourth-order valence-corrected chi connectivity index (χ4v) is 4.42. The molecule has 0 radical (unpaired) electrons. The van der Waals surface area contributed by atoms with Gasteiger partial charge in [0.15, 0.2) is 4.84 Å². The zero-order valence-electron chi connectivity index (χ0n) is 9.42. The maximum Gasteiger partial charge on any atom is 0.257 e. The van der Waals surface area contributed by atoms with Gasteiger partial charge in [0.2, 0.25) is 0 Å². The monoisotopic (exact) mass is 281 g/mol. The van der Waals surface area contributed by atoms with E-state index < -0.39 is 4.84 Å². The molecule has 0 aromatic carbocycles. The molecule has 1 saturated heterocycles. The summed E-state index contributed by atoms with van der Waals surface area (Å²) < 4.78 is 0. The number of rotatable bonds is 1. The van der Waals surface area contributed by atoms with Crippen molar-refractivity contribution >= 4 is 40.9 Å². The van der Waals surface area contributed by atoms with Gasteiger partial charge in [0, 0.05) is 12.3 Å². The molecule has 2 aliphatic rings. The van der Waals surface area contributed by atoms with E-state index in [4.69, 9.17) is 23.2 Å². The number of thioether (sulfide) groups is 1. The molecule has 92 valence electrons. The Labute approximate surface area is 111 Å². The average Bonchev–Trinajstić information content (AvgIpc) is 2.65. The fourth-order valence-electron chi connectivity index (χ4n) is 2.66. The van der Waals surface area contributed by atoms with Crippen molar-refractivity contribution in [3.8, 4) is 0 Å². The lowest BCUT2D eigenvalue weighted by molar-refractivity contribution is -0.132. The van der Waals surface area contributed by atoms with Gasteiger partial charge in [-0.05, 0) is 31.6 Å². The van der Waals surface area contributed by atoms with Crippen molar-refractivity contribution < 1.29 is 4.79 Å². The molecule has 5 heteroatoms. The van der Waals surface area contributed by atoms with Gasteiger partial charge in [-0.2, -0.15) is 0 Å². The number of alkyl halides is 2. The number of halogens is 2. The van der Waals surface area contributed by atoms with E-state index in [-0.39, 0.29) is 10.8 Å². The van der Waals surface area contributed by atoms with Crippen molar-refractivity contribution in [2.45, 2.75) is 42.3 Å². The van der Waals surface area contributed by atoms with Gasteiger partial charge >= 0.3 is 0 Å². The third-order valence-electron chi connectivity index (χ3n) is 3.69. The SMILES string of the molecule is CC1CCC2(CC1)SCCN2C(=O)C(Cl)Cl. The van der Waals surface area contributed by atoms with Crippen LogP contribution in [0.1, 0.15) is 32.6 Å². The van der Waals surface area contributed by atoms with Gasteiger partial charge in [-0.3, -0.25) is 4.79 Å². The summed E-state index contributed by atoms with van der Waals surface area (Å²) in [4.78, 5) is 13.0. The first-order valence-corrected chi connectivity index (χ1v) is 7.64. The van der Waals surface area contributed by atoms with E-state index in [0.717, 1.165) is 31.1 Å². The molecule has 2 fully saturated rings. The number of carbonyl (C=O) groups is 1. The Morgan fingerprint density at radius 3 is 2.62 bits per heavy atom. The normalized spacial score (nSPS) is 35.0. The van der Waals surface area contributed by atoms with Gasteiger partial charge in [0.25, 0.3) is 5.91 Å². The number of hydrogen-bond acceptors (Lipinski definition) is 2. The molecule has 0 aromatic heterocycles. The molecule has 1 saturated carbocycles. The lowest BCUT2D eigenvalue weighted by Gasteiger charge is -2.42. The largest absolute Gasteiger partial charge is 0.325 e. The van der Waals surface area contributed by atoms with Crippen LogP contribution < -0.4 is 0 Å². The molecular weight excluding hydrogens is 265 g/mol. The predicted molar refractivity (Wildman–Crippen MR) is 70.0 cm³/mol. The Bertz CT molecular complexity index is 277. The summed E-state index contributed by atoms with van der Waals surface area (Å²) in [5.41, 5.74) is 0. The van der Waals surface area contributed by atoms with Crippen molar-refractivity contribution in [1.82, 2.24) is 4.90 Å². The first kappa shape index (κ1) is 12.8. The quantitative estimate of drug-likeness (QED) is 0.688. The number of hydrogen-bond donors (Lipinski definition) is 0. The highest BCUT2D eigenvalue weighted by Gasteiger charge is 2.46. The summed E-state index contributed by atoms with van der Waals surface area (Å²) in [6.07, 6.45) is 4.58. The van der Waals surface area contributed by atoms with Crippen LogP contribution in [0.2, 0.25) is 0 Å². The van der Waals surface area contributed by atoms with Gasteiger partial charge in [-0.25, -0.2) is 0 Å². The standard InChI is InChI=1S/C11H17Cl2NOS/c1-8-2-4-11(5-3-8)14(6-7-16-11)10(15)9(12)13/h8-9H,2-7H2,1H3. The molecule has 1 amide bonds. The lowest BCUT2D eigenvalue weighted by Crippen LogP contribution is -2.49. The molecule has 16 heavy (non-hydrogen) atoms. The van der Waals surface area contributed by atoms with Crippen molar-refractivity contribution in [3.63, 3.8) is 0 Å². The zero-order valence-corrected chi connectivity index (χ0v) is 11.7. The van der Waals surface area contributed by atoms with Crippen molar-refractivity contribution in [3.05, 3.63) is 0 Å². The second kappa shape index (κ2) is 4.95. The van der Waals surface area contributed by atoms with E-state index in [1.807, 2.05) is 16.7 Å². The molecule has 0 atom stereocenters. The molecule has 1 aliphatic heterocycles. The van der Waals surface area contributed by atoms with E-state index in [0.29, 0.717) is 0 Å². The summed E-state index contributed by atoms with van der Waals surface area (Å²) in [5.74, 6) is 1.69. The summed E-state index contributed by atoms with van der Waals surface area (Å²) in [6.45, 7) is 3.08. The van der Waals surface area contributed by atoms with Gasteiger partial charge in [-0.1, -0.05) is 30.1 Å². The van der Waals surface area contributed by atoms with Crippen LogP contribution in [0.4, 0.5) is 0 Å². The fraction of sp³-hybridized carbons (Fsp3) is 0.909. The molecular formula is C11H17Cl2NOS. The Morgan fingerprint density at radius 1 is 1.44 bits per heavy atom. The number of nitrogens with zero attached hydrogens (tertiary/aromatic N) is 1. The van der Waals surface area contributed by atoms with E-state index in [1.165, 1.54) is 12.8 Å². The second-order valence-corrected chi connectivity index (χ2v) is 7.32. The predicted octanol–water partition coefficient (Wildman–Crippen LogP) is 3.27. The number of carbonyl (C=O) groups excluding carboxylic acids is 1. The second-order valence-electron chi connectivity index (χ2n) is 4.77. The Balaban J connectivity index is 2.11. The van der Waals surface area contributed by atoms with Gasteiger partial charge in [0.05, 0.1) is 4.87 Å². The van der Waals surface area contributed by atoms with E-state index in [1.54, 1.807) is 0 Å². The molecule has 0 N–H and O–H groups in total. The third-order valence-corrected chi connectivity index (χ3v) is 5.61. The van der Waals surface area contributed by atoms with E-state index in [2.05, 4.69) is 6.92 Å². The van der Waals surface area contributed by atoms with Crippen LogP contribution in [0, 0.1) is 5.92 Å². The van der Waals surface area contributed by atoms with Crippen LogP contribution in [0.5, 0.6) is 0 Å². The van der Waals surface area contributed by atoms with Crippen molar-refractivity contribution in [1.29, 1.82) is 0 Å². The first-order valence-electron chi connectivity index (χ1n) is 5.79. The molecule has 0 aromatic rings. The van der Waals surface area contributed by atoms with Crippen molar-refractivity contribution in [2.75, 3.05) is 12.3 Å². The molecule has 0 unspecified atom stereocenters. The number of amides is 1. The third kappa shape index (κ3) is 2.32. The molecule has 2 nitrogen and oxygen atoms in total. The lowest BCUT2D eigenvalue weighted by atomic mass is 9.86. The average molecular weight is 282 g/mol. The van der Waals surface area contributed by atoms with Gasteiger partial charge in [0.1, 0.15) is 0 Å². The Kier molecular flexibility index (Phi) is 3.97. The maximum absolute atomic E-state index is 11.9. The summed E-state index contributed by atoms with van der Waals surface area (Å²) in [5, 5.41) is 0. The summed E-state index contributed by atoms with van der Waals surface area (Å²) in [7, 11) is 0. The minimum absolute atomic E-state index is 0.00558. The van der Waals surface area contributed by atoms with Crippen LogP contribution in [0.15, 0.2) is 0 Å². The smallest absolute Gasteiger partial charge is 0.257 e. The summed E-state index contributed by atoms with van der Waals surface area (Å²) in [6, 6.07) is 0. The van der Waals surface area contributed by atoms with Crippen molar-refractivity contribution in [2.24, 2.45) is 5.92 Å². The highest BCUT2D eigenvalue weighted by atomic mass is 35.5. The van der Waals surface area contributed by atoms with Crippen LogP contribution in [0.3, 0.4) is 0 Å². The minimum Gasteiger partial charge on any atom is -0.325 e. The van der Waals surface area contributed by atoms with Gasteiger partial charge < -0.3 is 4.90 Å². The molecule has 0 bridgehead atoms. The van der Waals surface area contributed by atoms with Crippen LogP contribution in [-0.4, -0.2) is 32.8 Å². The Hall–Kier alpha value is 0.400. The topological polar surface area (TPSA) is 20.3 Å². The molecule has 1 heterocycles. The summed E-state index contributed by atoms with van der Waals surface area (Å²) >= 11 is 13.3. The molecule has 2 rings (SSSR count). The first-order chi connectivity index (χ1) is 7.55.